The predicted molar refractivity (Wildman–Crippen MR) is 74.6 cm³/mol. The van der Waals surface area contributed by atoms with E-state index in [1.165, 1.54) is 44.9 Å². The number of hydrogen-bond donors (Lipinski definition) is 1. The molecule has 4 atom stereocenters. The van der Waals surface area contributed by atoms with Gasteiger partial charge in [0.25, 0.3) is 0 Å². The molecule has 1 aromatic rings. The fourth-order valence-electron chi connectivity index (χ4n) is 3.96. The highest BCUT2D eigenvalue weighted by atomic mass is 32.1. The van der Waals surface area contributed by atoms with Crippen molar-refractivity contribution in [3.05, 3.63) is 16.6 Å². The molecule has 0 aliphatic heterocycles. The summed E-state index contributed by atoms with van der Waals surface area (Å²) < 4.78 is 0. The van der Waals surface area contributed by atoms with Crippen LogP contribution in [-0.2, 0) is 6.42 Å². The SMILES string of the molecule is OC(Cc1nccs1)C1CCC2CCCCC2C1. The zero-order valence-electron chi connectivity index (χ0n) is 10.9. The van der Waals surface area contributed by atoms with Gasteiger partial charge < -0.3 is 5.11 Å². The van der Waals surface area contributed by atoms with Crippen molar-refractivity contribution in [2.24, 2.45) is 17.8 Å². The van der Waals surface area contributed by atoms with Crippen LogP contribution in [0.3, 0.4) is 0 Å². The van der Waals surface area contributed by atoms with Crippen LogP contribution in [0.2, 0.25) is 0 Å². The van der Waals surface area contributed by atoms with Gasteiger partial charge in [0.15, 0.2) is 0 Å². The molecule has 2 aliphatic carbocycles. The minimum Gasteiger partial charge on any atom is -0.392 e. The van der Waals surface area contributed by atoms with Crippen LogP contribution in [0.15, 0.2) is 11.6 Å². The second-order valence-corrected chi connectivity index (χ2v) is 7.05. The van der Waals surface area contributed by atoms with Gasteiger partial charge in [0.1, 0.15) is 0 Å². The number of aliphatic hydroxyl groups is 1. The number of hydrogen-bond acceptors (Lipinski definition) is 3. The summed E-state index contributed by atoms with van der Waals surface area (Å²) in [5.74, 6) is 2.40. The number of rotatable bonds is 3. The van der Waals surface area contributed by atoms with E-state index < -0.39 is 0 Å². The summed E-state index contributed by atoms with van der Waals surface area (Å²) in [4.78, 5) is 4.29. The number of aliphatic hydroxyl groups excluding tert-OH is 1. The maximum Gasteiger partial charge on any atom is 0.0950 e. The van der Waals surface area contributed by atoms with E-state index >= 15 is 0 Å². The minimum absolute atomic E-state index is 0.168. The minimum atomic E-state index is -0.168. The zero-order valence-corrected chi connectivity index (χ0v) is 11.7. The Morgan fingerprint density at radius 2 is 2.06 bits per heavy atom. The van der Waals surface area contributed by atoms with Gasteiger partial charge in [0.2, 0.25) is 0 Å². The Balaban J connectivity index is 1.56. The van der Waals surface area contributed by atoms with Gasteiger partial charge in [0, 0.05) is 18.0 Å². The quantitative estimate of drug-likeness (QED) is 0.905. The Morgan fingerprint density at radius 3 is 2.83 bits per heavy atom. The average molecular weight is 265 g/mol. The molecule has 3 rings (SSSR count). The smallest absolute Gasteiger partial charge is 0.0950 e. The molecule has 0 bridgehead atoms. The van der Waals surface area contributed by atoms with Gasteiger partial charge in [-0.25, -0.2) is 4.98 Å². The summed E-state index contributed by atoms with van der Waals surface area (Å²) >= 11 is 1.67. The van der Waals surface area contributed by atoms with Crippen LogP contribution in [0.25, 0.3) is 0 Å². The molecule has 2 saturated carbocycles. The van der Waals surface area contributed by atoms with Crippen molar-refractivity contribution < 1.29 is 5.11 Å². The first-order valence-electron chi connectivity index (χ1n) is 7.39. The first-order valence-corrected chi connectivity index (χ1v) is 8.27. The summed E-state index contributed by atoms with van der Waals surface area (Å²) in [5.41, 5.74) is 0. The normalized spacial score (nSPS) is 33.9. The Kier molecular flexibility index (Phi) is 4.00. The lowest BCUT2D eigenvalue weighted by Crippen LogP contribution is -2.34. The molecule has 100 valence electrons. The number of thiazole rings is 1. The van der Waals surface area contributed by atoms with E-state index in [4.69, 9.17) is 0 Å². The van der Waals surface area contributed by atoms with Crippen LogP contribution in [0.4, 0.5) is 0 Å². The van der Waals surface area contributed by atoms with Crippen molar-refractivity contribution in [1.82, 2.24) is 4.98 Å². The molecular formula is C15H23NOS. The predicted octanol–water partition coefficient (Wildman–Crippen LogP) is 3.65. The molecule has 1 aromatic heterocycles. The average Bonchev–Trinajstić information content (AvgIpc) is 2.91. The van der Waals surface area contributed by atoms with E-state index in [0.29, 0.717) is 5.92 Å². The fraction of sp³-hybridized carbons (Fsp3) is 0.800. The lowest BCUT2D eigenvalue weighted by molar-refractivity contribution is 0.0360. The van der Waals surface area contributed by atoms with Crippen LogP contribution >= 0.6 is 11.3 Å². The molecule has 0 spiro atoms. The largest absolute Gasteiger partial charge is 0.392 e. The van der Waals surface area contributed by atoms with Crippen LogP contribution in [0.5, 0.6) is 0 Å². The highest BCUT2D eigenvalue weighted by Gasteiger charge is 2.34. The lowest BCUT2D eigenvalue weighted by atomic mass is 9.66. The molecular weight excluding hydrogens is 242 g/mol. The van der Waals surface area contributed by atoms with Gasteiger partial charge in [-0.3, -0.25) is 0 Å². The van der Waals surface area contributed by atoms with Gasteiger partial charge in [-0.1, -0.05) is 25.7 Å². The van der Waals surface area contributed by atoms with Gasteiger partial charge in [0.05, 0.1) is 11.1 Å². The third-order valence-corrected chi connectivity index (χ3v) is 5.79. The van der Waals surface area contributed by atoms with Crippen molar-refractivity contribution in [2.75, 3.05) is 0 Å². The van der Waals surface area contributed by atoms with E-state index in [1.807, 2.05) is 11.6 Å². The molecule has 4 unspecified atom stereocenters. The molecule has 0 saturated heterocycles. The summed E-state index contributed by atoms with van der Waals surface area (Å²) in [5, 5.41) is 13.5. The van der Waals surface area contributed by atoms with Crippen LogP contribution < -0.4 is 0 Å². The standard InChI is InChI=1S/C15H23NOS/c17-14(10-15-16-7-8-18-15)13-6-5-11-3-1-2-4-12(11)9-13/h7-8,11-14,17H,1-6,9-10H2. The Morgan fingerprint density at radius 1 is 1.22 bits per heavy atom. The first kappa shape index (κ1) is 12.6. The van der Waals surface area contributed by atoms with Gasteiger partial charge in [-0.05, 0) is 37.0 Å². The summed E-state index contributed by atoms with van der Waals surface area (Å²) in [6, 6.07) is 0. The summed E-state index contributed by atoms with van der Waals surface area (Å²) in [7, 11) is 0. The van der Waals surface area contributed by atoms with Crippen molar-refractivity contribution >= 4 is 11.3 Å². The molecule has 0 amide bonds. The fourth-order valence-corrected chi connectivity index (χ4v) is 4.63. The van der Waals surface area contributed by atoms with Gasteiger partial charge in [-0.2, -0.15) is 0 Å². The first-order chi connectivity index (χ1) is 8.83. The molecule has 2 fully saturated rings. The van der Waals surface area contributed by atoms with E-state index in [0.717, 1.165) is 23.3 Å². The molecule has 3 heteroatoms. The zero-order chi connectivity index (χ0) is 12.4. The second kappa shape index (κ2) is 5.70. The van der Waals surface area contributed by atoms with Crippen molar-refractivity contribution in [3.8, 4) is 0 Å². The molecule has 1 heterocycles. The van der Waals surface area contributed by atoms with Gasteiger partial charge in [-0.15, -0.1) is 11.3 Å². The third-order valence-electron chi connectivity index (χ3n) is 4.99. The van der Waals surface area contributed by atoms with E-state index in [1.54, 1.807) is 11.3 Å². The number of aromatic nitrogens is 1. The molecule has 0 radical (unpaired) electrons. The molecule has 18 heavy (non-hydrogen) atoms. The van der Waals surface area contributed by atoms with Crippen LogP contribution in [0.1, 0.15) is 50.0 Å². The maximum absolute atomic E-state index is 10.4. The maximum atomic E-state index is 10.4. The number of nitrogens with zero attached hydrogens (tertiary/aromatic N) is 1. The molecule has 1 N–H and O–H groups in total. The molecule has 2 nitrogen and oxygen atoms in total. The van der Waals surface area contributed by atoms with Crippen molar-refractivity contribution in [2.45, 2.75) is 57.5 Å². The Labute approximate surface area is 113 Å². The van der Waals surface area contributed by atoms with Crippen LogP contribution in [-0.4, -0.2) is 16.2 Å². The van der Waals surface area contributed by atoms with E-state index in [2.05, 4.69) is 4.98 Å². The van der Waals surface area contributed by atoms with Crippen molar-refractivity contribution in [1.29, 1.82) is 0 Å². The number of fused-ring (bicyclic) bond motifs is 1. The van der Waals surface area contributed by atoms with Crippen LogP contribution in [0, 0.1) is 17.8 Å². The Bertz CT molecular complexity index is 365. The van der Waals surface area contributed by atoms with E-state index in [9.17, 15) is 5.11 Å². The second-order valence-electron chi connectivity index (χ2n) is 6.08. The highest BCUT2D eigenvalue weighted by Crippen LogP contribution is 2.43. The van der Waals surface area contributed by atoms with Crippen molar-refractivity contribution in [3.63, 3.8) is 0 Å². The topological polar surface area (TPSA) is 33.1 Å². The Hall–Kier alpha value is -0.410. The molecule has 2 aliphatic rings. The third kappa shape index (κ3) is 2.77. The van der Waals surface area contributed by atoms with E-state index in [-0.39, 0.29) is 6.10 Å². The summed E-state index contributed by atoms with van der Waals surface area (Å²) in [6.07, 6.45) is 12.0. The lowest BCUT2D eigenvalue weighted by Gasteiger charge is -2.40. The summed E-state index contributed by atoms with van der Waals surface area (Å²) in [6.45, 7) is 0. The molecule has 0 aromatic carbocycles. The highest BCUT2D eigenvalue weighted by molar-refractivity contribution is 7.09. The monoisotopic (exact) mass is 265 g/mol. The van der Waals surface area contributed by atoms with Gasteiger partial charge >= 0.3 is 0 Å².